The van der Waals surface area contributed by atoms with Crippen molar-refractivity contribution < 1.29 is 13.2 Å². The van der Waals surface area contributed by atoms with Crippen LogP contribution in [-0.4, -0.2) is 36.5 Å². The fraction of sp³-hybridized carbons (Fsp3) is 0.227. The summed E-state index contributed by atoms with van der Waals surface area (Å²) in [6, 6.07) is 21.4. The van der Waals surface area contributed by atoms with Gasteiger partial charge in [0.15, 0.2) is 0 Å². The first-order valence-electron chi connectivity index (χ1n) is 9.45. The first-order chi connectivity index (χ1) is 13.9. The quantitative estimate of drug-likeness (QED) is 0.616. The van der Waals surface area contributed by atoms with E-state index in [2.05, 4.69) is 17.9 Å². The minimum absolute atomic E-state index is 0.183. The first kappa shape index (κ1) is 19.9. The van der Waals surface area contributed by atoms with Gasteiger partial charge < -0.3 is 5.32 Å². The summed E-state index contributed by atoms with van der Waals surface area (Å²) in [6.45, 7) is 0.568. The fourth-order valence-electron chi connectivity index (χ4n) is 3.65. The van der Waals surface area contributed by atoms with Crippen molar-refractivity contribution in [2.24, 2.45) is 0 Å². The van der Waals surface area contributed by atoms with Crippen LogP contribution in [0.5, 0.6) is 0 Å². The van der Waals surface area contributed by atoms with Crippen LogP contribution in [-0.2, 0) is 21.4 Å². The Morgan fingerprint density at radius 1 is 1.00 bits per heavy atom. The molecule has 29 heavy (non-hydrogen) atoms. The number of benzene rings is 3. The summed E-state index contributed by atoms with van der Waals surface area (Å²) in [5, 5.41) is 4.50. The van der Waals surface area contributed by atoms with Gasteiger partial charge in [-0.3, -0.25) is 4.79 Å². The second kappa shape index (κ2) is 8.18. The highest BCUT2D eigenvalue weighted by Gasteiger charge is 2.42. The van der Waals surface area contributed by atoms with Gasteiger partial charge >= 0.3 is 0 Å². The third kappa shape index (κ3) is 4.17. The number of thiol groups is 1. The molecule has 1 heterocycles. The third-order valence-electron chi connectivity index (χ3n) is 5.17. The normalized spacial score (nSPS) is 20.0. The molecule has 0 bridgehead atoms. The molecule has 1 N–H and O–H groups in total. The zero-order chi connectivity index (χ0) is 20.4. The summed E-state index contributed by atoms with van der Waals surface area (Å²) < 4.78 is 27.9. The Morgan fingerprint density at radius 3 is 2.45 bits per heavy atom. The molecule has 0 aliphatic carbocycles. The summed E-state index contributed by atoms with van der Waals surface area (Å²) >= 11 is 4.46. The van der Waals surface area contributed by atoms with Crippen LogP contribution in [0.4, 0.5) is 0 Å². The molecule has 2 atom stereocenters. The van der Waals surface area contributed by atoms with E-state index < -0.39 is 16.1 Å². The van der Waals surface area contributed by atoms with Gasteiger partial charge in [-0.1, -0.05) is 60.7 Å². The van der Waals surface area contributed by atoms with E-state index in [9.17, 15) is 13.2 Å². The van der Waals surface area contributed by atoms with Crippen LogP contribution in [0, 0.1) is 0 Å². The van der Waals surface area contributed by atoms with Crippen LogP contribution in [0.25, 0.3) is 10.8 Å². The fourth-order valence-corrected chi connectivity index (χ4v) is 5.82. The minimum atomic E-state index is -3.82. The van der Waals surface area contributed by atoms with Crippen molar-refractivity contribution in [3.8, 4) is 0 Å². The van der Waals surface area contributed by atoms with Crippen molar-refractivity contribution >= 4 is 39.3 Å². The molecule has 1 amide bonds. The molecular weight excluding hydrogens is 404 g/mol. The van der Waals surface area contributed by atoms with Crippen LogP contribution in [0.15, 0.2) is 77.7 Å². The lowest BCUT2D eigenvalue weighted by Crippen LogP contribution is -2.45. The lowest BCUT2D eigenvalue weighted by Gasteiger charge is -2.23. The van der Waals surface area contributed by atoms with Gasteiger partial charge in [0.2, 0.25) is 15.9 Å². The Bertz CT molecular complexity index is 1130. The molecule has 1 aliphatic heterocycles. The van der Waals surface area contributed by atoms with Crippen LogP contribution < -0.4 is 5.32 Å². The number of carbonyl (C=O) groups is 1. The molecule has 1 saturated heterocycles. The van der Waals surface area contributed by atoms with Gasteiger partial charge in [-0.25, -0.2) is 8.42 Å². The molecule has 1 fully saturated rings. The number of carbonyl (C=O) groups excluding carboxylic acids is 1. The molecule has 7 heteroatoms. The van der Waals surface area contributed by atoms with Gasteiger partial charge in [-0.15, -0.1) is 0 Å². The van der Waals surface area contributed by atoms with Gasteiger partial charge in [-0.05, 0) is 34.9 Å². The van der Waals surface area contributed by atoms with Gasteiger partial charge in [0.25, 0.3) is 0 Å². The number of sulfonamides is 1. The second-order valence-electron chi connectivity index (χ2n) is 7.19. The third-order valence-corrected chi connectivity index (χ3v) is 7.42. The highest BCUT2D eigenvalue weighted by molar-refractivity contribution is 7.89. The standard InChI is InChI=1S/C22H22N2O3S2/c25-22(23-14-16-6-2-1-3-7-16)21-13-19(28)15-24(21)29(26,27)20-11-10-17-8-4-5-9-18(17)12-20/h1-12,19,21,28H,13-15H2,(H,23,25). The van der Waals surface area contributed by atoms with E-state index >= 15 is 0 Å². The number of hydrogen-bond donors (Lipinski definition) is 2. The maximum atomic E-state index is 13.3. The number of nitrogens with zero attached hydrogens (tertiary/aromatic N) is 1. The zero-order valence-corrected chi connectivity index (χ0v) is 17.4. The molecule has 3 aromatic rings. The number of amides is 1. The predicted octanol–water partition coefficient (Wildman–Crippen LogP) is 3.22. The molecule has 4 rings (SSSR count). The number of rotatable bonds is 5. The summed E-state index contributed by atoms with van der Waals surface area (Å²) in [7, 11) is -3.82. The maximum Gasteiger partial charge on any atom is 0.243 e. The van der Waals surface area contributed by atoms with Crippen molar-refractivity contribution in [1.29, 1.82) is 0 Å². The predicted molar refractivity (Wildman–Crippen MR) is 117 cm³/mol. The number of nitrogens with one attached hydrogen (secondary N) is 1. The number of hydrogen-bond acceptors (Lipinski definition) is 4. The van der Waals surface area contributed by atoms with Crippen LogP contribution >= 0.6 is 12.6 Å². The summed E-state index contributed by atoms with van der Waals surface area (Å²) in [6.07, 6.45) is 0.385. The first-order valence-corrected chi connectivity index (χ1v) is 11.4. The minimum Gasteiger partial charge on any atom is -0.351 e. The molecule has 0 aromatic heterocycles. The van der Waals surface area contributed by atoms with Crippen molar-refractivity contribution in [2.75, 3.05) is 6.54 Å². The average Bonchev–Trinajstić information content (AvgIpc) is 3.15. The number of fused-ring (bicyclic) bond motifs is 1. The second-order valence-corrected chi connectivity index (χ2v) is 9.81. The molecule has 2 unspecified atom stereocenters. The molecule has 5 nitrogen and oxygen atoms in total. The van der Waals surface area contributed by atoms with E-state index in [4.69, 9.17) is 0 Å². The van der Waals surface area contributed by atoms with Crippen molar-refractivity contribution in [3.05, 3.63) is 78.4 Å². The van der Waals surface area contributed by atoms with Gasteiger partial charge in [0.1, 0.15) is 6.04 Å². The lowest BCUT2D eigenvalue weighted by atomic mass is 10.1. The Labute approximate surface area is 176 Å². The molecule has 0 saturated carbocycles. The summed E-state index contributed by atoms with van der Waals surface area (Å²) in [5.74, 6) is -0.297. The van der Waals surface area contributed by atoms with Crippen molar-refractivity contribution in [1.82, 2.24) is 9.62 Å². The van der Waals surface area contributed by atoms with E-state index in [1.54, 1.807) is 18.2 Å². The smallest absolute Gasteiger partial charge is 0.243 e. The Kier molecular flexibility index (Phi) is 5.63. The summed E-state index contributed by atoms with van der Waals surface area (Å²) in [5.41, 5.74) is 0.963. The topological polar surface area (TPSA) is 66.5 Å². The molecule has 3 aromatic carbocycles. The van der Waals surface area contributed by atoms with E-state index in [0.29, 0.717) is 13.0 Å². The molecule has 0 radical (unpaired) electrons. The highest BCUT2D eigenvalue weighted by Crippen LogP contribution is 2.30. The van der Waals surface area contributed by atoms with Crippen LogP contribution in [0.3, 0.4) is 0 Å². The van der Waals surface area contributed by atoms with Gasteiger partial charge in [-0.2, -0.15) is 16.9 Å². The van der Waals surface area contributed by atoms with E-state index in [1.807, 2.05) is 54.6 Å². The Hall–Kier alpha value is -2.35. The van der Waals surface area contributed by atoms with E-state index in [0.717, 1.165) is 16.3 Å². The van der Waals surface area contributed by atoms with Crippen molar-refractivity contribution in [3.63, 3.8) is 0 Å². The summed E-state index contributed by atoms with van der Waals surface area (Å²) in [4.78, 5) is 13.0. The average molecular weight is 427 g/mol. The molecular formula is C22H22N2O3S2. The van der Waals surface area contributed by atoms with E-state index in [1.165, 1.54) is 4.31 Å². The van der Waals surface area contributed by atoms with Gasteiger partial charge in [0, 0.05) is 18.3 Å². The monoisotopic (exact) mass is 426 g/mol. The largest absolute Gasteiger partial charge is 0.351 e. The van der Waals surface area contributed by atoms with Crippen molar-refractivity contribution in [2.45, 2.75) is 29.2 Å². The Morgan fingerprint density at radius 2 is 1.69 bits per heavy atom. The van der Waals surface area contributed by atoms with Crippen LogP contribution in [0.1, 0.15) is 12.0 Å². The molecule has 0 spiro atoms. The zero-order valence-electron chi connectivity index (χ0n) is 15.7. The highest BCUT2D eigenvalue weighted by atomic mass is 32.2. The van der Waals surface area contributed by atoms with E-state index in [-0.39, 0.29) is 22.6 Å². The van der Waals surface area contributed by atoms with Gasteiger partial charge in [0.05, 0.1) is 4.90 Å². The van der Waals surface area contributed by atoms with Crippen LogP contribution in [0.2, 0.25) is 0 Å². The maximum absolute atomic E-state index is 13.3. The molecule has 1 aliphatic rings. The Balaban J connectivity index is 1.57. The lowest BCUT2D eigenvalue weighted by molar-refractivity contribution is -0.124. The SMILES string of the molecule is O=C(NCc1ccccc1)C1CC(S)CN1S(=O)(=O)c1ccc2ccccc2c1. The molecule has 150 valence electrons.